The highest BCUT2D eigenvalue weighted by atomic mass is 16.6. The number of fused-ring (bicyclic) bond motifs is 3. The zero-order valence-electron chi connectivity index (χ0n) is 19.8. The standard InChI is InChI=1S/C26H28N4O4/c1-26(2,3)34-25(32)28-11-5-12-29-16-20-22(18-6-8-19(33-4)9-7-18)21-14-17(15-27)10-13-30(21)23(20)24(29)31/h6-10,13-14H,5,11-12,16H2,1-4H3,(H,28,32). The van der Waals surface area contributed by atoms with Gasteiger partial charge in [0.05, 0.1) is 24.3 Å². The van der Waals surface area contributed by atoms with Crippen molar-refractivity contribution in [2.45, 2.75) is 39.3 Å². The van der Waals surface area contributed by atoms with Crippen LogP contribution in [0.15, 0.2) is 42.6 Å². The Bertz CT molecular complexity index is 1280. The first-order chi connectivity index (χ1) is 16.2. The molecule has 0 spiro atoms. The van der Waals surface area contributed by atoms with Gasteiger partial charge in [0.15, 0.2) is 0 Å². The quantitative estimate of drug-likeness (QED) is 0.552. The minimum atomic E-state index is -0.552. The van der Waals surface area contributed by atoms with E-state index in [0.717, 1.165) is 28.0 Å². The van der Waals surface area contributed by atoms with Crippen molar-refractivity contribution in [1.82, 2.24) is 14.6 Å². The number of rotatable bonds is 6. The molecule has 34 heavy (non-hydrogen) atoms. The lowest BCUT2D eigenvalue weighted by Crippen LogP contribution is -2.34. The molecule has 8 heteroatoms. The number of ether oxygens (including phenoxy) is 2. The zero-order valence-corrected chi connectivity index (χ0v) is 19.8. The third kappa shape index (κ3) is 4.55. The minimum Gasteiger partial charge on any atom is -0.497 e. The molecule has 0 atom stereocenters. The van der Waals surface area contributed by atoms with Crippen molar-refractivity contribution in [3.63, 3.8) is 0 Å². The molecule has 1 aliphatic heterocycles. The first-order valence-corrected chi connectivity index (χ1v) is 11.2. The van der Waals surface area contributed by atoms with E-state index < -0.39 is 11.7 Å². The van der Waals surface area contributed by atoms with Crippen LogP contribution >= 0.6 is 0 Å². The fraction of sp³-hybridized carbons (Fsp3) is 0.346. The first-order valence-electron chi connectivity index (χ1n) is 11.2. The number of pyridine rings is 1. The summed E-state index contributed by atoms with van der Waals surface area (Å²) in [7, 11) is 1.62. The molecule has 0 fully saturated rings. The Hall–Kier alpha value is -3.99. The second-order valence-corrected chi connectivity index (χ2v) is 9.22. The Labute approximate surface area is 198 Å². The van der Waals surface area contributed by atoms with Gasteiger partial charge in [0.25, 0.3) is 5.91 Å². The van der Waals surface area contributed by atoms with Crippen molar-refractivity contribution in [1.29, 1.82) is 5.26 Å². The van der Waals surface area contributed by atoms with Crippen LogP contribution in [0.4, 0.5) is 4.79 Å². The van der Waals surface area contributed by atoms with Crippen LogP contribution in [0.1, 0.15) is 48.8 Å². The molecule has 8 nitrogen and oxygen atoms in total. The van der Waals surface area contributed by atoms with E-state index >= 15 is 0 Å². The molecule has 0 unspecified atom stereocenters. The van der Waals surface area contributed by atoms with E-state index in [1.165, 1.54) is 0 Å². The molecule has 2 aromatic heterocycles. The van der Waals surface area contributed by atoms with Crippen molar-refractivity contribution < 1.29 is 19.1 Å². The normalized spacial score (nSPS) is 13.0. The number of methoxy groups -OCH3 is 1. The highest BCUT2D eigenvalue weighted by Crippen LogP contribution is 2.39. The fourth-order valence-corrected chi connectivity index (χ4v) is 4.21. The van der Waals surface area contributed by atoms with Gasteiger partial charge in [0.1, 0.15) is 17.0 Å². The number of nitriles is 1. The van der Waals surface area contributed by atoms with Gasteiger partial charge in [-0.1, -0.05) is 12.1 Å². The average molecular weight is 461 g/mol. The predicted molar refractivity (Wildman–Crippen MR) is 128 cm³/mol. The lowest BCUT2D eigenvalue weighted by Gasteiger charge is -2.20. The second-order valence-electron chi connectivity index (χ2n) is 9.22. The summed E-state index contributed by atoms with van der Waals surface area (Å²) in [6.45, 7) is 6.82. The number of alkyl carbamates (subject to hydrolysis) is 1. The molecule has 4 rings (SSSR count). The van der Waals surface area contributed by atoms with E-state index in [4.69, 9.17) is 9.47 Å². The molecule has 0 bridgehead atoms. The summed E-state index contributed by atoms with van der Waals surface area (Å²) in [6.07, 6.45) is 1.92. The van der Waals surface area contributed by atoms with Crippen molar-refractivity contribution in [3.05, 3.63) is 59.4 Å². The maximum Gasteiger partial charge on any atom is 0.407 e. The van der Waals surface area contributed by atoms with E-state index in [1.807, 2.05) is 55.5 Å². The molecular formula is C26H28N4O4. The molecular weight excluding hydrogens is 432 g/mol. The van der Waals surface area contributed by atoms with E-state index in [1.54, 1.807) is 24.3 Å². The summed E-state index contributed by atoms with van der Waals surface area (Å²) < 4.78 is 12.4. The van der Waals surface area contributed by atoms with E-state index in [0.29, 0.717) is 37.3 Å². The van der Waals surface area contributed by atoms with Crippen molar-refractivity contribution in [2.24, 2.45) is 0 Å². The number of nitrogens with one attached hydrogen (secondary N) is 1. The molecule has 0 radical (unpaired) electrons. The lowest BCUT2D eigenvalue weighted by atomic mass is 10.0. The number of hydrogen-bond donors (Lipinski definition) is 1. The Balaban J connectivity index is 1.57. The van der Waals surface area contributed by atoms with Crippen molar-refractivity contribution in [3.8, 4) is 22.9 Å². The SMILES string of the molecule is COc1ccc(-c2c3c(n4ccc(C#N)cc24)C(=O)N(CCCNC(=O)OC(C)(C)C)C3)cc1. The van der Waals surface area contributed by atoms with Crippen LogP contribution in [0.25, 0.3) is 16.6 Å². The molecule has 1 aromatic carbocycles. The van der Waals surface area contributed by atoms with E-state index in [9.17, 15) is 14.9 Å². The van der Waals surface area contributed by atoms with Crippen LogP contribution in [0, 0.1) is 11.3 Å². The molecule has 2 amide bonds. The highest BCUT2D eigenvalue weighted by Gasteiger charge is 2.34. The summed E-state index contributed by atoms with van der Waals surface area (Å²) in [6, 6.07) is 13.4. The van der Waals surface area contributed by atoms with Crippen LogP contribution in [0.5, 0.6) is 5.75 Å². The highest BCUT2D eigenvalue weighted by molar-refractivity contribution is 6.03. The summed E-state index contributed by atoms with van der Waals surface area (Å²) in [5.74, 6) is 0.684. The first kappa shape index (κ1) is 23.2. The molecule has 3 aromatic rings. The average Bonchev–Trinajstić information content (AvgIpc) is 3.28. The summed E-state index contributed by atoms with van der Waals surface area (Å²) >= 11 is 0. The molecule has 1 N–H and O–H groups in total. The summed E-state index contributed by atoms with van der Waals surface area (Å²) in [4.78, 5) is 27.0. The number of benzene rings is 1. The molecule has 0 saturated carbocycles. The van der Waals surface area contributed by atoms with Crippen LogP contribution < -0.4 is 10.1 Å². The maximum atomic E-state index is 13.3. The topological polar surface area (TPSA) is 96.1 Å². The predicted octanol–water partition coefficient (Wildman–Crippen LogP) is 4.36. The number of carbonyl (C=O) groups is 2. The summed E-state index contributed by atoms with van der Waals surface area (Å²) in [5, 5.41) is 12.1. The molecule has 1 aliphatic rings. The number of amides is 2. The van der Waals surface area contributed by atoms with Crippen LogP contribution in [-0.2, 0) is 11.3 Å². The molecule has 0 aliphatic carbocycles. The minimum absolute atomic E-state index is 0.0632. The third-order valence-electron chi connectivity index (χ3n) is 5.66. The molecule has 3 heterocycles. The van der Waals surface area contributed by atoms with Gasteiger partial charge < -0.3 is 24.1 Å². The Morgan fingerprint density at radius 1 is 1.21 bits per heavy atom. The number of hydrogen-bond acceptors (Lipinski definition) is 5. The Morgan fingerprint density at radius 3 is 2.59 bits per heavy atom. The van der Waals surface area contributed by atoms with Gasteiger partial charge in [-0.25, -0.2) is 4.79 Å². The van der Waals surface area contributed by atoms with Gasteiger partial charge >= 0.3 is 6.09 Å². The van der Waals surface area contributed by atoms with Crippen molar-refractivity contribution >= 4 is 17.5 Å². The maximum absolute atomic E-state index is 13.3. The monoisotopic (exact) mass is 460 g/mol. The van der Waals surface area contributed by atoms with Gasteiger partial charge in [-0.05, 0) is 57.0 Å². The Kier molecular flexibility index (Phi) is 6.20. The number of carbonyl (C=O) groups excluding carboxylic acids is 2. The smallest absolute Gasteiger partial charge is 0.407 e. The van der Waals surface area contributed by atoms with Gasteiger partial charge in [0.2, 0.25) is 0 Å². The largest absolute Gasteiger partial charge is 0.497 e. The zero-order chi connectivity index (χ0) is 24.5. The second kappa shape index (κ2) is 9.10. The van der Waals surface area contributed by atoms with Crippen LogP contribution in [0.2, 0.25) is 0 Å². The fourth-order valence-electron chi connectivity index (χ4n) is 4.21. The van der Waals surface area contributed by atoms with Gasteiger partial charge in [-0.2, -0.15) is 5.26 Å². The van der Waals surface area contributed by atoms with Crippen molar-refractivity contribution in [2.75, 3.05) is 20.2 Å². The number of aromatic nitrogens is 1. The van der Waals surface area contributed by atoms with E-state index in [2.05, 4.69) is 11.4 Å². The lowest BCUT2D eigenvalue weighted by molar-refractivity contribution is 0.0526. The summed E-state index contributed by atoms with van der Waals surface area (Å²) in [5.41, 5.74) is 4.26. The van der Waals surface area contributed by atoms with Crippen LogP contribution in [0.3, 0.4) is 0 Å². The van der Waals surface area contributed by atoms with Gasteiger partial charge in [-0.3, -0.25) is 4.79 Å². The molecule has 0 saturated heterocycles. The third-order valence-corrected chi connectivity index (χ3v) is 5.66. The Morgan fingerprint density at radius 2 is 1.94 bits per heavy atom. The number of nitrogens with zero attached hydrogens (tertiary/aromatic N) is 3. The molecule has 176 valence electrons. The van der Waals surface area contributed by atoms with Crippen LogP contribution in [-0.4, -0.2) is 47.1 Å². The van der Waals surface area contributed by atoms with Gasteiger partial charge in [-0.15, -0.1) is 0 Å². The van der Waals surface area contributed by atoms with E-state index in [-0.39, 0.29) is 5.91 Å². The van der Waals surface area contributed by atoms with Gasteiger partial charge in [0, 0.05) is 37.0 Å².